The number of nitrogens with one attached hydrogen (secondary N) is 1. The molecule has 1 amide bonds. The van der Waals surface area contributed by atoms with Crippen LogP contribution in [0.15, 0.2) is 36.4 Å². The van der Waals surface area contributed by atoms with Crippen LogP contribution < -0.4 is 11.1 Å². The Kier molecular flexibility index (Phi) is 3.37. The van der Waals surface area contributed by atoms with Crippen molar-refractivity contribution in [1.29, 1.82) is 0 Å². The number of hydrogen-bond acceptors (Lipinski definition) is 3. The SMILES string of the molecule is Cc1ccc(N)cc1NC(=O)c1ccc(O)cc1F. The van der Waals surface area contributed by atoms with Gasteiger partial charge in [-0.3, -0.25) is 4.79 Å². The van der Waals surface area contributed by atoms with E-state index in [2.05, 4.69) is 5.32 Å². The number of carbonyl (C=O) groups excluding carboxylic acids is 1. The molecule has 2 rings (SSSR count). The zero-order chi connectivity index (χ0) is 14.0. The van der Waals surface area contributed by atoms with Crippen LogP contribution in [0.25, 0.3) is 0 Å². The molecule has 0 fully saturated rings. The molecular formula is C14H13FN2O2. The number of phenolic OH excluding ortho intramolecular Hbond substituents is 1. The van der Waals surface area contributed by atoms with Gasteiger partial charge in [-0.1, -0.05) is 6.07 Å². The Balaban J connectivity index is 2.28. The zero-order valence-corrected chi connectivity index (χ0v) is 10.3. The average molecular weight is 260 g/mol. The summed E-state index contributed by atoms with van der Waals surface area (Å²) in [5, 5.41) is 11.7. The molecule has 5 heteroatoms. The number of benzene rings is 2. The van der Waals surface area contributed by atoms with Gasteiger partial charge in [0, 0.05) is 17.4 Å². The van der Waals surface area contributed by atoms with Gasteiger partial charge in [0.2, 0.25) is 0 Å². The third-order valence-corrected chi connectivity index (χ3v) is 2.71. The van der Waals surface area contributed by atoms with Crippen molar-refractivity contribution in [1.82, 2.24) is 0 Å². The summed E-state index contributed by atoms with van der Waals surface area (Å²) in [6, 6.07) is 8.45. The lowest BCUT2D eigenvalue weighted by Gasteiger charge is -2.10. The monoisotopic (exact) mass is 260 g/mol. The number of aryl methyl sites for hydroxylation is 1. The van der Waals surface area contributed by atoms with Gasteiger partial charge in [0.25, 0.3) is 5.91 Å². The first-order valence-electron chi connectivity index (χ1n) is 5.63. The quantitative estimate of drug-likeness (QED) is 0.727. The number of halogens is 1. The van der Waals surface area contributed by atoms with Gasteiger partial charge in [0.05, 0.1) is 5.56 Å². The summed E-state index contributed by atoms with van der Waals surface area (Å²) >= 11 is 0. The van der Waals surface area contributed by atoms with E-state index >= 15 is 0 Å². The molecule has 0 saturated heterocycles. The van der Waals surface area contributed by atoms with Crippen LogP contribution in [-0.4, -0.2) is 11.0 Å². The molecule has 0 atom stereocenters. The molecule has 2 aromatic rings. The Morgan fingerprint density at radius 3 is 2.68 bits per heavy atom. The Bertz CT molecular complexity index is 641. The predicted octanol–water partition coefficient (Wildman–Crippen LogP) is 2.67. The van der Waals surface area contributed by atoms with Crippen molar-refractivity contribution in [2.24, 2.45) is 0 Å². The van der Waals surface area contributed by atoms with Gasteiger partial charge < -0.3 is 16.2 Å². The van der Waals surface area contributed by atoms with Gasteiger partial charge in [-0.25, -0.2) is 4.39 Å². The van der Waals surface area contributed by atoms with E-state index in [9.17, 15) is 9.18 Å². The molecule has 0 heterocycles. The lowest BCUT2D eigenvalue weighted by Crippen LogP contribution is -2.14. The zero-order valence-electron chi connectivity index (χ0n) is 10.3. The van der Waals surface area contributed by atoms with E-state index < -0.39 is 11.7 Å². The van der Waals surface area contributed by atoms with Crippen LogP contribution in [0.1, 0.15) is 15.9 Å². The van der Waals surface area contributed by atoms with Crippen molar-refractivity contribution in [2.45, 2.75) is 6.92 Å². The molecule has 98 valence electrons. The summed E-state index contributed by atoms with van der Waals surface area (Å²) < 4.78 is 13.5. The van der Waals surface area contributed by atoms with Crippen molar-refractivity contribution in [3.63, 3.8) is 0 Å². The highest BCUT2D eigenvalue weighted by Crippen LogP contribution is 2.21. The second-order valence-corrected chi connectivity index (χ2v) is 4.19. The molecule has 0 aromatic heterocycles. The minimum atomic E-state index is -0.779. The summed E-state index contributed by atoms with van der Waals surface area (Å²) in [4.78, 5) is 11.9. The van der Waals surface area contributed by atoms with Crippen LogP contribution >= 0.6 is 0 Å². The van der Waals surface area contributed by atoms with E-state index in [0.29, 0.717) is 11.4 Å². The molecule has 0 spiro atoms. The largest absolute Gasteiger partial charge is 0.508 e. The van der Waals surface area contributed by atoms with Gasteiger partial charge in [-0.05, 0) is 36.8 Å². The van der Waals surface area contributed by atoms with Crippen LogP contribution in [0, 0.1) is 12.7 Å². The molecular weight excluding hydrogens is 247 g/mol. The van der Waals surface area contributed by atoms with Crippen LogP contribution in [0.3, 0.4) is 0 Å². The van der Waals surface area contributed by atoms with Gasteiger partial charge in [-0.15, -0.1) is 0 Å². The summed E-state index contributed by atoms with van der Waals surface area (Å²) in [5.74, 6) is -1.60. The smallest absolute Gasteiger partial charge is 0.258 e. The van der Waals surface area contributed by atoms with E-state index in [0.717, 1.165) is 11.6 Å². The highest BCUT2D eigenvalue weighted by atomic mass is 19.1. The Labute approximate surface area is 109 Å². The van der Waals surface area contributed by atoms with Gasteiger partial charge >= 0.3 is 0 Å². The fraction of sp³-hybridized carbons (Fsp3) is 0.0714. The lowest BCUT2D eigenvalue weighted by molar-refractivity contribution is 0.102. The second kappa shape index (κ2) is 4.97. The Morgan fingerprint density at radius 1 is 1.26 bits per heavy atom. The average Bonchev–Trinajstić information content (AvgIpc) is 2.33. The molecule has 0 radical (unpaired) electrons. The van der Waals surface area contributed by atoms with Crippen molar-refractivity contribution >= 4 is 17.3 Å². The molecule has 0 saturated carbocycles. The second-order valence-electron chi connectivity index (χ2n) is 4.19. The lowest BCUT2D eigenvalue weighted by atomic mass is 10.1. The minimum absolute atomic E-state index is 0.139. The van der Waals surface area contributed by atoms with E-state index in [4.69, 9.17) is 10.8 Å². The van der Waals surface area contributed by atoms with Crippen LogP contribution in [-0.2, 0) is 0 Å². The number of aromatic hydroxyl groups is 1. The molecule has 0 aliphatic heterocycles. The standard InChI is InChI=1S/C14H13FN2O2/c1-8-2-3-9(16)6-13(8)17-14(19)11-5-4-10(18)7-12(11)15/h2-7,18H,16H2,1H3,(H,17,19). The fourth-order valence-electron chi connectivity index (χ4n) is 1.65. The normalized spacial score (nSPS) is 10.2. The van der Waals surface area contributed by atoms with Crippen LogP contribution in [0.2, 0.25) is 0 Å². The van der Waals surface area contributed by atoms with Crippen molar-refractivity contribution < 1.29 is 14.3 Å². The molecule has 0 unspecified atom stereocenters. The van der Waals surface area contributed by atoms with E-state index in [1.165, 1.54) is 12.1 Å². The molecule has 4 nitrogen and oxygen atoms in total. The molecule has 4 N–H and O–H groups in total. The minimum Gasteiger partial charge on any atom is -0.508 e. The number of nitrogen functional groups attached to an aromatic ring is 1. The predicted molar refractivity (Wildman–Crippen MR) is 71.6 cm³/mol. The number of amides is 1. The van der Waals surface area contributed by atoms with E-state index in [-0.39, 0.29) is 11.3 Å². The van der Waals surface area contributed by atoms with E-state index in [1.54, 1.807) is 18.2 Å². The Hall–Kier alpha value is -2.56. The number of hydrogen-bond donors (Lipinski definition) is 3. The van der Waals surface area contributed by atoms with Crippen molar-refractivity contribution in [3.05, 3.63) is 53.3 Å². The first kappa shape index (κ1) is 12.9. The summed E-state index contributed by atoms with van der Waals surface area (Å²) in [6.07, 6.45) is 0. The van der Waals surface area contributed by atoms with Gasteiger partial charge in [0.15, 0.2) is 0 Å². The number of rotatable bonds is 2. The molecule has 19 heavy (non-hydrogen) atoms. The third-order valence-electron chi connectivity index (χ3n) is 2.71. The molecule has 0 bridgehead atoms. The first-order valence-corrected chi connectivity index (χ1v) is 5.63. The summed E-state index contributed by atoms with van der Waals surface area (Å²) in [6.45, 7) is 1.81. The van der Waals surface area contributed by atoms with E-state index in [1.807, 2.05) is 6.92 Å². The summed E-state index contributed by atoms with van der Waals surface area (Å²) in [5.41, 5.74) is 7.35. The first-order chi connectivity index (χ1) is 8.97. The van der Waals surface area contributed by atoms with Gasteiger partial charge in [0.1, 0.15) is 11.6 Å². The fourth-order valence-corrected chi connectivity index (χ4v) is 1.65. The number of phenols is 1. The highest BCUT2D eigenvalue weighted by Gasteiger charge is 2.13. The Morgan fingerprint density at radius 2 is 2.00 bits per heavy atom. The topological polar surface area (TPSA) is 75.3 Å². The van der Waals surface area contributed by atoms with Crippen molar-refractivity contribution in [2.75, 3.05) is 11.1 Å². The van der Waals surface area contributed by atoms with Gasteiger partial charge in [-0.2, -0.15) is 0 Å². The summed E-state index contributed by atoms with van der Waals surface area (Å²) in [7, 11) is 0. The maximum Gasteiger partial charge on any atom is 0.258 e. The number of carbonyl (C=O) groups is 1. The number of anilines is 2. The molecule has 0 aliphatic rings. The molecule has 0 aliphatic carbocycles. The molecule has 2 aromatic carbocycles. The highest BCUT2D eigenvalue weighted by molar-refractivity contribution is 6.05. The van der Waals surface area contributed by atoms with Crippen LogP contribution in [0.4, 0.5) is 15.8 Å². The maximum atomic E-state index is 13.5. The third kappa shape index (κ3) is 2.82. The number of nitrogens with two attached hydrogens (primary N) is 1. The van der Waals surface area contributed by atoms with Crippen molar-refractivity contribution in [3.8, 4) is 5.75 Å². The van der Waals surface area contributed by atoms with Crippen LogP contribution in [0.5, 0.6) is 5.75 Å². The maximum absolute atomic E-state index is 13.5.